The molecule has 1 fully saturated rings. The maximum Gasteiger partial charge on any atom is 0.130 e. The van der Waals surface area contributed by atoms with Crippen molar-refractivity contribution in [3.8, 4) is 11.5 Å². The molecule has 0 amide bonds. The lowest BCUT2D eigenvalue weighted by Gasteiger charge is -2.13. The minimum absolute atomic E-state index is 0.651. The van der Waals surface area contributed by atoms with Gasteiger partial charge in [-0.3, -0.25) is 0 Å². The number of allylic oxidation sites excluding steroid dienone is 1. The lowest BCUT2D eigenvalue weighted by molar-refractivity contribution is 0.393. The molecule has 0 aromatic heterocycles. The second-order valence-corrected chi connectivity index (χ2v) is 6.29. The molecule has 1 saturated carbocycles. The van der Waals surface area contributed by atoms with Gasteiger partial charge in [-0.1, -0.05) is 30.0 Å². The van der Waals surface area contributed by atoms with Crippen LogP contribution in [0.3, 0.4) is 0 Å². The molecule has 0 radical (unpaired) electrons. The third-order valence-corrected chi connectivity index (χ3v) is 4.72. The van der Waals surface area contributed by atoms with Gasteiger partial charge in [-0.25, -0.2) is 0 Å². The van der Waals surface area contributed by atoms with E-state index in [9.17, 15) is 0 Å². The van der Waals surface area contributed by atoms with Crippen LogP contribution in [-0.4, -0.2) is 14.2 Å². The number of benzene rings is 2. The van der Waals surface area contributed by atoms with Crippen LogP contribution in [0.5, 0.6) is 11.5 Å². The average Bonchev–Trinajstić information content (AvgIpc) is 3.41. The van der Waals surface area contributed by atoms with Crippen molar-refractivity contribution < 1.29 is 9.47 Å². The Labute approximate surface area is 136 Å². The van der Waals surface area contributed by atoms with Gasteiger partial charge >= 0.3 is 0 Å². The lowest BCUT2D eigenvalue weighted by Crippen LogP contribution is -1.94. The van der Waals surface area contributed by atoms with Crippen molar-refractivity contribution >= 4 is 17.3 Å². The normalized spacial score (nSPS) is 14.7. The summed E-state index contributed by atoms with van der Waals surface area (Å²) in [6, 6.07) is 16.5. The van der Waals surface area contributed by atoms with E-state index in [0.717, 1.165) is 11.5 Å². The Morgan fingerprint density at radius 2 is 1.82 bits per heavy atom. The third-order valence-electron chi connectivity index (χ3n) is 3.80. The first-order valence-electron chi connectivity index (χ1n) is 7.46. The van der Waals surface area contributed by atoms with E-state index in [0.29, 0.717) is 5.92 Å². The zero-order valence-electron chi connectivity index (χ0n) is 12.9. The molecule has 3 heteroatoms. The molecule has 0 saturated heterocycles. The summed E-state index contributed by atoms with van der Waals surface area (Å²) in [5.41, 5.74) is 2.54. The van der Waals surface area contributed by atoms with Gasteiger partial charge in [0.15, 0.2) is 0 Å². The fourth-order valence-electron chi connectivity index (χ4n) is 2.44. The standard InChI is InChI=1S/C19H20O2S/c1-20-15-10-11-17(19(12-15)21-2)18(14-8-9-14)13-22-16-6-4-3-5-7-16/h3-7,10-14H,8-9H2,1-2H3/b18-13+. The van der Waals surface area contributed by atoms with Gasteiger partial charge in [-0.2, -0.15) is 0 Å². The number of ether oxygens (including phenoxy) is 2. The first kappa shape index (κ1) is 15.0. The SMILES string of the molecule is COc1ccc(/C(=C/Sc2ccccc2)C2CC2)c(OC)c1. The third kappa shape index (κ3) is 3.47. The van der Waals surface area contributed by atoms with Crippen molar-refractivity contribution in [1.82, 2.24) is 0 Å². The summed E-state index contributed by atoms with van der Waals surface area (Å²) < 4.78 is 10.9. The first-order chi connectivity index (χ1) is 10.8. The molecule has 0 spiro atoms. The average molecular weight is 312 g/mol. The first-order valence-corrected chi connectivity index (χ1v) is 8.34. The molecule has 2 aromatic rings. The Kier molecular flexibility index (Phi) is 4.74. The van der Waals surface area contributed by atoms with Crippen LogP contribution in [0, 0.1) is 5.92 Å². The smallest absolute Gasteiger partial charge is 0.130 e. The van der Waals surface area contributed by atoms with Gasteiger partial charge < -0.3 is 9.47 Å². The summed E-state index contributed by atoms with van der Waals surface area (Å²) in [5, 5.41) is 2.28. The topological polar surface area (TPSA) is 18.5 Å². The minimum Gasteiger partial charge on any atom is -0.497 e. The molecule has 3 rings (SSSR count). The van der Waals surface area contributed by atoms with E-state index < -0.39 is 0 Å². The summed E-state index contributed by atoms with van der Waals surface area (Å²) in [6.07, 6.45) is 2.52. The van der Waals surface area contributed by atoms with Crippen molar-refractivity contribution in [3.05, 3.63) is 59.5 Å². The molecular weight excluding hydrogens is 292 g/mol. The summed E-state index contributed by atoms with van der Waals surface area (Å²) in [6.45, 7) is 0. The number of thioether (sulfide) groups is 1. The van der Waals surface area contributed by atoms with E-state index in [1.165, 1.54) is 28.9 Å². The zero-order valence-corrected chi connectivity index (χ0v) is 13.7. The summed E-state index contributed by atoms with van der Waals surface area (Å²) in [7, 11) is 3.39. The minimum atomic E-state index is 0.651. The van der Waals surface area contributed by atoms with E-state index in [4.69, 9.17) is 9.47 Å². The highest BCUT2D eigenvalue weighted by Gasteiger charge is 2.28. The maximum atomic E-state index is 5.57. The molecule has 0 N–H and O–H groups in total. The highest BCUT2D eigenvalue weighted by molar-refractivity contribution is 8.02. The van der Waals surface area contributed by atoms with Crippen molar-refractivity contribution in [3.63, 3.8) is 0 Å². The Morgan fingerprint density at radius 3 is 2.45 bits per heavy atom. The van der Waals surface area contributed by atoms with E-state index in [1.54, 1.807) is 26.0 Å². The number of rotatable bonds is 6. The molecule has 114 valence electrons. The fraction of sp³-hybridized carbons (Fsp3) is 0.263. The molecule has 1 aliphatic rings. The molecular formula is C19H20O2S. The highest BCUT2D eigenvalue weighted by Crippen LogP contribution is 2.46. The second kappa shape index (κ2) is 6.93. The Bertz CT molecular complexity index is 660. The summed E-state index contributed by atoms with van der Waals surface area (Å²) in [4.78, 5) is 1.26. The Hall–Kier alpha value is -1.87. The van der Waals surface area contributed by atoms with Crippen LogP contribution in [0.4, 0.5) is 0 Å². The van der Waals surface area contributed by atoms with Gasteiger partial charge in [0.25, 0.3) is 0 Å². The zero-order chi connectivity index (χ0) is 15.4. The van der Waals surface area contributed by atoms with Crippen molar-refractivity contribution in [2.45, 2.75) is 17.7 Å². The van der Waals surface area contributed by atoms with Crippen LogP contribution in [0.1, 0.15) is 18.4 Å². The molecule has 0 heterocycles. The van der Waals surface area contributed by atoms with Crippen LogP contribution in [-0.2, 0) is 0 Å². The van der Waals surface area contributed by atoms with Gasteiger partial charge in [0.1, 0.15) is 11.5 Å². The second-order valence-electron chi connectivity index (χ2n) is 5.34. The largest absolute Gasteiger partial charge is 0.497 e. The fourth-order valence-corrected chi connectivity index (χ4v) is 3.34. The molecule has 2 aromatic carbocycles. The number of methoxy groups -OCH3 is 2. The monoisotopic (exact) mass is 312 g/mol. The highest BCUT2D eigenvalue weighted by atomic mass is 32.2. The molecule has 2 nitrogen and oxygen atoms in total. The Balaban J connectivity index is 1.91. The summed E-state index contributed by atoms with van der Waals surface area (Å²) in [5.74, 6) is 2.36. The molecule has 1 aliphatic carbocycles. The predicted molar refractivity (Wildman–Crippen MR) is 92.5 cm³/mol. The predicted octanol–water partition coefficient (Wildman–Crippen LogP) is 5.25. The molecule has 0 unspecified atom stereocenters. The van der Waals surface area contributed by atoms with Crippen molar-refractivity contribution in [2.24, 2.45) is 5.92 Å². The van der Waals surface area contributed by atoms with E-state index in [-0.39, 0.29) is 0 Å². The quantitative estimate of drug-likeness (QED) is 0.679. The van der Waals surface area contributed by atoms with Gasteiger partial charge in [-0.15, -0.1) is 0 Å². The van der Waals surface area contributed by atoms with Crippen LogP contribution in [0.25, 0.3) is 5.57 Å². The van der Waals surface area contributed by atoms with Crippen molar-refractivity contribution in [1.29, 1.82) is 0 Å². The van der Waals surface area contributed by atoms with Gasteiger partial charge in [0, 0.05) is 16.5 Å². The van der Waals surface area contributed by atoms with Crippen LogP contribution in [0.2, 0.25) is 0 Å². The molecule has 0 atom stereocenters. The number of hydrogen-bond donors (Lipinski definition) is 0. The van der Waals surface area contributed by atoms with Crippen molar-refractivity contribution in [2.75, 3.05) is 14.2 Å². The molecule has 22 heavy (non-hydrogen) atoms. The summed E-state index contributed by atoms with van der Waals surface area (Å²) >= 11 is 1.77. The van der Waals surface area contributed by atoms with Gasteiger partial charge in [-0.05, 0) is 54.0 Å². The van der Waals surface area contributed by atoms with E-state index in [2.05, 4.69) is 35.7 Å². The van der Waals surface area contributed by atoms with Crippen LogP contribution in [0.15, 0.2) is 58.8 Å². The van der Waals surface area contributed by atoms with Gasteiger partial charge in [0.2, 0.25) is 0 Å². The van der Waals surface area contributed by atoms with E-state index in [1.807, 2.05) is 18.2 Å². The maximum absolute atomic E-state index is 5.57. The van der Waals surface area contributed by atoms with Gasteiger partial charge in [0.05, 0.1) is 14.2 Å². The molecule has 0 aliphatic heterocycles. The Morgan fingerprint density at radius 1 is 1.05 bits per heavy atom. The lowest BCUT2D eigenvalue weighted by atomic mass is 10.0. The van der Waals surface area contributed by atoms with Crippen LogP contribution >= 0.6 is 11.8 Å². The molecule has 0 bridgehead atoms. The van der Waals surface area contributed by atoms with E-state index >= 15 is 0 Å². The number of hydrogen-bond acceptors (Lipinski definition) is 3. The van der Waals surface area contributed by atoms with Crippen LogP contribution < -0.4 is 9.47 Å².